The Morgan fingerprint density at radius 2 is 1.94 bits per heavy atom. The minimum Gasteiger partial charge on any atom is -0.352 e. The van der Waals surface area contributed by atoms with Gasteiger partial charge in [-0.2, -0.15) is 0 Å². The molecule has 2 rings (SSSR count). The topological polar surface area (TPSA) is 41.1 Å². The second kappa shape index (κ2) is 5.29. The van der Waals surface area contributed by atoms with E-state index < -0.39 is 5.92 Å². The summed E-state index contributed by atoms with van der Waals surface area (Å²) >= 11 is 0. The van der Waals surface area contributed by atoms with Gasteiger partial charge in [-0.05, 0) is 32.2 Å². The standard InChI is InChI=1S/C12H20F2N2O/c13-12(14)5-3-9(4-6-12)11(17)16-10-2-1-7-15-8-10/h9-10,15H,1-8H2,(H,16,17)/t10-/m1/s1. The van der Waals surface area contributed by atoms with E-state index in [0.717, 1.165) is 25.9 Å². The Morgan fingerprint density at radius 3 is 2.53 bits per heavy atom. The van der Waals surface area contributed by atoms with Gasteiger partial charge in [0, 0.05) is 31.3 Å². The Bertz CT molecular complexity index is 268. The van der Waals surface area contributed by atoms with Crippen LogP contribution in [0.5, 0.6) is 0 Å². The summed E-state index contributed by atoms with van der Waals surface area (Å²) in [4.78, 5) is 11.9. The van der Waals surface area contributed by atoms with Gasteiger partial charge < -0.3 is 10.6 Å². The fraction of sp³-hybridized carbons (Fsp3) is 0.917. The SMILES string of the molecule is O=C(N[C@@H]1CCCNC1)C1CCC(F)(F)CC1. The zero-order valence-electron chi connectivity index (χ0n) is 9.98. The molecule has 0 aromatic heterocycles. The molecule has 98 valence electrons. The van der Waals surface area contributed by atoms with Crippen LogP contribution in [0.25, 0.3) is 0 Å². The maximum atomic E-state index is 13.0. The van der Waals surface area contributed by atoms with Gasteiger partial charge in [-0.25, -0.2) is 8.78 Å². The quantitative estimate of drug-likeness (QED) is 0.778. The van der Waals surface area contributed by atoms with Crippen molar-refractivity contribution in [2.45, 2.75) is 50.5 Å². The van der Waals surface area contributed by atoms with Crippen molar-refractivity contribution < 1.29 is 13.6 Å². The highest BCUT2D eigenvalue weighted by Gasteiger charge is 2.37. The summed E-state index contributed by atoms with van der Waals surface area (Å²) in [5.74, 6) is -2.80. The lowest BCUT2D eigenvalue weighted by Crippen LogP contribution is -2.48. The van der Waals surface area contributed by atoms with E-state index in [-0.39, 0.29) is 30.7 Å². The van der Waals surface area contributed by atoms with Crippen molar-refractivity contribution in [3.63, 3.8) is 0 Å². The lowest BCUT2D eigenvalue weighted by atomic mass is 9.86. The van der Waals surface area contributed by atoms with Crippen LogP contribution in [0.2, 0.25) is 0 Å². The summed E-state index contributed by atoms with van der Waals surface area (Å²) in [6, 6.07) is 0.179. The lowest BCUT2D eigenvalue weighted by Gasteiger charge is -2.30. The first kappa shape index (κ1) is 12.7. The summed E-state index contributed by atoms with van der Waals surface area (Å²) in [6.45, 7) is 1.80. The maximum absolute atomic E-state index is 13.0. The lowest BCUT2D eigenvalue weighted by molar-refractivity contribution is -0.130. The van der Waals surface area contributed by atoms with Crippen molar-refractivity contribution in [2.75, 3.05) is 13.1 Å². The summed E-state index contributed by atoms with van der Waals surface area (Å²) in [5, 5.41) is 6.19. The smallest absolute Gasteiger partial charge is 0.248 e. The molecule has 0 spiro atoms. The van der Waals surface area contributed by atoms with Gasteiger partial charge in [0.1, 0.15) is 0 Å². The molecule has 0 unspecified atom stereocenters. The first-order valence-corrected chi connectivity index (χ1v) is 6.46. The second-order valence-corrected chi connectivity index (χ2v) is 5.18. The van der Waals surface area contributed by atoms with Crippen LogP contribution in [0.1, 0.15) is 38.5 Å². The normalized spacial score (nSPS) is 29.9. The Hall–Kier alpha value is -0.710. The molecule has 5 heteroatoms. The van der Waals surface area contributed by atoms with Gasteiger partial charge in [0.2, 0.25) is 11.8 Å². The number of amides is 1. The summed E-state index contributed by atoms with van der Waals surface area (Å²) in [7, 11) is 0. The van der Waals surface area contributed by atoms with E-state index in [1.165, 1.54) is 0 Å². The first-order chi connectivity index (χ1) is 8.07. The van der Waals surface area contributed by atoms with E-state index in [1.54, 1.807) is 0 Å². The zero-order valence-corrected chi connectivity index (χ0v) is 9.98. The fourth-order valence-electron chi connectivity index (χ4n) is 2.60. The minimum absolute atomic E-state index is 0.0331. The summed E-state index contributed by atoms with van der Waals surface area (Å²) < 4.78 is 25.9. The van der Waals surface area contributed by atoms with Crippen LogP contribution in [-0.2, 0) is 4.79 Å². The molecule has 3 nitrogen and oxygen atoms in total. The van der Waals surface area contributed by atoms with Gasteiger partial charge in [0.05, 0.1) is 0 Å². The first-order valence-electron chi connectivity index (χ1n) is 6.46. The molecule has 1 heterocycles. The third-order valence-electron chi connectivity index (χ3n) is 3.73. The van der Waals surface area contributed by atoms with E-state index >= 15 is 0 Å². The molecule has 0 aromatic rings. The number of hydrogen-bond acceptors (Lipinski definition) is 2. The van der Waals surface area contributed by atoms with E-state index in [9.17, 15) is 13.6 Å². The Balaban J connectivity index is 1.76. The fourth-order valence-corrected chi connectivity index (χ4v) is 2.60. The maximum Gasteiger partial charge on any atom is 0.248 e. The number of halogens is 2. The third kappa shape index (κ3) is 3.63. The number of nitrogens with one attached hydrogen (secondary N) is 2. The van der Waals surface area contributed by atoms with Crippen LogP contribution in [0.15, 0.2) is 0 Å². The molecule has 1 atom stereocenters. The molecule has 17 heavy (non-hydrogen) atoms. The van der Waals surface area contributed by atoms with Crippen molar-refractivity contribution >= 4 is 5.91 Å². The predicted octanol–water partition coefficient (Wildman–Crippen LogP) is 1.68. The Kier molecular flexibility index (Phi) is 3.97. The molecule has 1 saturated heterocycles. The monoisotopic (exact) mass is 246 g/mol. The van der Waals surface area contributed by atoms with E-state index in [4.69, 9.17) is 0 Å². The van der Waals surface area contributed by atoms with Crippen molar-refractivity contribution in [3.8, 4) is 0 Å². The number of hydrogen-bond donors (Lipinski definition) is 2. The molecule has 2 fully saturated rings. The largest absolute Gasteiger partial charge is 0.352 e. The van der Waals surface area contributed by atoms with Gasteiger partial charge in [0.25, 0.3) is 0 Å². The highest BCUT2D eigenvalue weighted by atomic mass is 19.3. The number of carbonyl (C=O) groups excluding carboxylic acids is 1. The number of carbonyl (C=O) groups is 1. The molecule has 0 aromatic carbocycles. The Morgan fingerprint density at radius 1 is 1.24 bits per heavy atom. The summed E-state index contributed by atoms with van der Waals surface area (Å²) in [5.41, 5.74) is 0. The van der Waals surface area contributed by atoms with Gasteiger partial charge in [-0.15, -0.1) is 0 Å². The molecular formula is C12H20F2N2O. The van der Waals surface area contributed by atoms with Crippen LogP contribution in [0, 0.1) is 5.92 Å². The molecule has 2 aliphatic rings. The molecular weight excluding hydrogens is 226 g/mol. The number of rotatable bonds is 2. The van der Waals surface area contributed by atoms with Crippen LogP contribution in [0.3, 0.4) is 0 Å². The second-order valence-electron chi connectivity index (χ2n) is 5.18. The zero-order chi connectivity index (χ0) is 12.3. The molecule has 1 aliphatic carbocycles. The number of alkyl halides is 2. The molecule has 0 radical (unpaired) electrons. The van der Waals surface area contributed by atoms with E-state index in [1.807, 2.05) is 0 Å². The summed E-state index contributed by atoms with van der Waals surface area (Å²) in [6.07, 6.45) is 2.40. The van der Waals surface area contributed by atoms with Gasteiger partial charge in [-0.1, -0.05) is 0 Å². The van der Waals surface area contributed by atoms with Crippen LogP contribution >= 0.6 is 0 Å². The molecule has 1 aliphatic heterocycles. The van der Waals surface area contributed by atoms with Crippen molar-refractivity contribution in [2.24, 2.45) is 5.92 Å². The van der Waals surface area contributed by atoms with Gasteiger partial charge in [0.15, 0.2) is 0 Å². The van der Waals surface area contributed by atoms with Gasteiger partial charge in [-0.3, -0.25) is 4.79 Å². The molecule has 1 amide bonds. The van der Waals surface area contributed by atoms with Crippen LogP contribution < -0.4 is 10.6 Å². The van der Waals surface area contributed by atoms with E-state index in [0.29, 0.717) is 12.8 Å². The van der Waals surface area contributed by atoms with E-state index in [2.05, 4.69) is 10.6 Å². The van der Waals surface area contributed by atoms with Crippen molar-refractivity contribution in [1.82, 2.24) is 10.6 Å². The van der Waals surface area contributed by atoms with Gasteiger partial charge >= 0.3 is 0 Å². The highest BCUT2D eigenvalue weighted by molar-refractivity contribution is 5.79. The molecule has 0 bridgehead atoms. The third-order valence-corrected chi connectivity index (χ3v) is 3.73. The Labute approximate surface area is 100 Å². The van der Waals surface area contributed by atoms with Crippen molar-refractivity contribution in [1.29, 1.82) is 0 Å². The van der Waals surface area contributed by atoms with Crippen molar-refractivity contribution in [3.05, 3.63) is 0 Å². The average molecular weight is 246 g/mol. The average Bonchev–Trinajstić information content (AvgIpc) is 2.30. The number of piperidine rings is 1. The van der Waals surface area contributed by atoms with Crippen LogP contribution in [0.4, 0.5) is 8.78 Å². The highest BCUT2D eigenvalue weighted by Crippen LogP contribution is 2.36. The minimum atomic E-state index is -2.55. The molecule has 2 N–H and O–H groups in total. The predicted molar refractivity (Wildman–Crippen MR) is 60.9 cm³/mol. The van der Waals surface area contributed by atoms with Crippen LogP contribution in [-0.4, -0.2) is 31.0 Å². The molecule has 1 saturated carbocycles.